The quantitative estimate of drug-likeness (QED) is 0.785. The second-order valence-electron chi connectivity index (χ2n) is 5.12. The Labute approximate surface area is 111 Å². The van der Waals surface area contributed by atoms with Crippen LogP contribution in [0.3, 0.4) is 0 Å². The van der Waals surface area contributed by atoms with Crippen molar-refractivity contribution in [3.8, 4) is 0 Å². The van der Waals surface area contributed by atoms with E-state index in [1.165, 1.54) is 32.1 Å². The fourth-order valence-electron chi connectivity index (χ4n) is 3.22. The van der Waals surface area contributed by atoms with Gasteiger partial charge in [-0.25, -0.2) is 9.97 Å². The average molecular weight is 296 g/mol. The minimum Gasteiger partial charge on any atom is -0.338 e. The first-order valence-corrected chi connectivity index (χ1v) is 7.64. The number of rotatable bonds is 2. The van der Waals surface area contributed by atoms with Crippen LogP contribution >= 0.6 is 15.9 Å². The average Bonchev–Trinajstić information content (AvgIpc) is 2.83. The highest BCUT2D eigenvalue weighted by atomic mass is 79.9. The van der Waals surface area contributed by atoms with E-state index in [-0.39, 0.29) is 0 Å². The summed E-state index contributed by atoms with van der Waals surface area (Å²) in [5, 5.41) is 0.833. The summed E-state index contributed by atoms with van der Waals surface area (Å²) in [6.07, 6.45) is 10.7. The first-order valence-electron chi connectivity index (χ1n) is 6.52. The van der Waals surface area contributed by atoms with Gasteiger partial charge in [0.2, 0.25) is 5.95 Å². The number of fused-ring (bicyclic) bond motifs is 1. The normalized spacial score (nSPS) is 28.2. The van der Waals surface area contributed by atoms with Gasteiger partial charge in [0.25, 0.3) is 0 Å². The Balaban J connectivity index is 1.78. The fourth-order valence-corrected chi connectivity index (χ4v) is 3.51. The molecule has 2 atom stereocenters. The van der Waals surface area contributed by atoms with E-state index in [1.54, 1.807) is 0 Å². The molecular formula is C13H18BrN3. The van der Waals surface area contributed by atoms with Crippen LogP contribution in [0.15, 0.2) is 12.4 Å². The Morgan fingerprint density at radius 1 is 1.18 bits per heavy atom. The highest BCUT2D eigenvalue weighted by Crippen LogP contribution is 2.37. The summed E-state index contributed by atoms with van der Waals surface area (Å²) in [5.41, 5.74) is 1.15. The molecule has 3 nitrogen and oxygen atoms in total. The van der Waals surface area contributed by atoms with E-state index >= 15 is 0 Å². The molecule has 1 aromatic heterocycles. The molecule has 1 aliphatic carbocycles. The minimum atomic E-state index is 0.707. The van der Waals surface area contributed by atoms with Gasteiger partial charge in [-0.05, 0) is 30.7 Å². The Hall–Kier alpha value is -0.640. The van der Waals surface area contributed by atoms with Crippen LogP contribution in [0.1, 0.15) is 37.7 Å². The van der Waals surface area contributed by atoms with E-state index in [0.29, 0.717) is 6.04 Å². The standard InChI is InChI=1S/C13H18BrN3/c14-7-10-8-15-13(16-9-10)17-6-5-11-3-1-2-4-12(11)17/h8-9,11-12H,1-7H2. The fraction of sp³-hybridized carbons (Fsp3) is 0.692. The van der Waals surface area contributed by atoms with Gasteiger partial charge in [-0.3, -0.25) is 0 Å². The van der Waals surface area contributed by atoms with E-state index in [1.807, 2.05) is 12.4 Å². The van der Waals surface area contributed by atoms with Crippen molar-refractivity contribution < 1.29 is 0 Å². The van der Waals surface area contributed by atoms with Gasteiger partial charge in [-0.15, -0.1) is 0 Å². The van der Waals surface area contributed by atoms with E-state index < -0.39 is 0 Å². The predicted molar refractivity (Wildman–Crippen MR) is 72.4 cm³/mol. The molecule has 1 aliphatic heterocycles. The lowest BCUT2D eigenvalue weighted by Crippen LogP contribution is -2.35. The van der Waals surface area contributed by atoms with Crippen LogP contribution in [-0.2, 0) is 5.33 Å². The van der Waals surface area contributed by atoms with Gasteiger partial charge in [-0.1, -0.05) is 28.8 Å². The predicted octanol–water partition coefficient (Wildman–Crippen LogP) is 3.14. The molecule has 1 saturated heterocycles. The van der Waals surface area contributed by atoms with Gasteiger partial charge >= 0.3 is 0 Å². The number of anilines is 1. The van der Waals surface area contributed by atoms with Crippen LogP contribution in [0.4, 0.5) is 5.95 Å². The lowest BCUT2D eigenvalue weighted by atomic mass is 9.85. The van der Waals surface area contributed by atoms with Crippen molar-refractivity contribution in [2.24, 2.45) is 5.92 Å². The van der Waals surface area contributed by atoms with Crippen molar-refractivity contribution in [1.29, 1.82) is 0 Å². The zero-order valence-corrected chi connectivity index (χ0v) is 11.6. The Kier molecular flexibility index (Phi) is 3.32. The third-order valence-corrected chi connectivity index (χ3v) is 4.76. The van der Waals surface area contributed by atoms with Crippen LogP contribution in [0.2, 0.25) is 0 Å². The summed E-state index contributed by atoms with van der Waals surface area (Å²) >= 11 is 3.43. The first kappa shape index (κ1) is 11.5. The van der Waals surface area contributed by atoms with Gasteiger partial charge in [0.15, 0.2) is 0 Å². The smallest absolute Gasteiger partial charge is 0.225 e. The second kappa shape index (κ2) is 4.92. The molecule has 0 aromatic carbocycles. The van der Waals surface area contributed by atoms with Crippen molar-refractivity contribution in [3.05, 3.63) is 18.0 Å². The first-order chi connectivity index (χ1) is 8.38. The van der Waals surface area contributed by atoms with Gasteiger partial charge in [0.1, 0.15) is 0 Å². The van der Waals surface area contributed by atoms with E-state index in [4.69, 9.17) is 0 Å². The number of aromatic nitrogens is 2. The zero-order chi connectivity index (χ0) is 11.7. The summed E-state index contributed by atoms with van der Waals surface area (Å²) in [7, 11) is 0. The minimum absolute atomic E-state index is 0.707. The van der Waals surface area contributed by atoms with Crippen LogP contribution in [0.5, 0.6) is 0 Å². The molecule has 0 amide bonds. The monoisotopic (exact) mass is 295 g/mol. The third kappa shape index (κ3) is 2.19. The van der Waals surface area contributed by atoms with E-state index in [0.717, 1.165) is 29.3 Å². The van der Waals surface area contributed by atoms with Crippen molar-refractivity contribution in [2.45, 2.75) is 43.5 Å². The molecule has 92 valence electrons. The molecular weight excluding hydrogens is 278 g/mol. The number of hydrogen-bond acceptors (Lipinski definition) is 3. The van der Waals surface area contributed by atoms with Crippen molar-refractivity contribution in [2.75, 3.05) is 11.4 Å². The van der Waals surface area contributed by atoms with Crippen LogP contribution in [0, 0.1) is 5.92 Å². The highest BCUT2D eigenvalue weighted by Gasteiger charge is 2.36. The summed E-state index contributed by atoms with van der Waals surface area (Å²) in [6, 6.07) is 0.707. The summed E-state index contributed by atoms with van der Waals surface area (Å²) in [5.74, 6) is 1.83. The molecule has 0 spiro atoms. The number of halogens is 1. The van der Waals surface area contributed by atoms with Gasteiger partial charge in [0, 0.05) is 30.3 Å². The summed E-state index contributed by atoms with van der Waals surface area (Å²) in [6.45, 7) is 1.14. The molecule has 2 heterocycles. The van der Waals surface area contributed by atoms with Crippen molar-refractivity contribution in [3.63, 3.8) is 0 Å². The molecule has 3 rings (SSSR count). The molecule has 0 radical (unpaired) electrons. The maximum atomic E-state index is 4.51. The number of hydrogen-bond donors (Lipinski definition) is 0. The van der Waals surface area contributed by atoms with E-state index in [9.17, 15) is 0 Å². The second-order valence-corrected chi connectivity index (χ2v) is 5.68. The maximum absolute atomic E-state index is 4.51. The molecule has 1 aromatic rings. The van der Waals surface area contributed by atoms with Crippen LogP contribution < -0.4 is 4.90 Å². The molecule has 17 heavy (non-hydrogen) atoms. The SMILES string of the molecule is BrCc1cnc(N2CCC3CCCCC32)nc1. The largest absolute Gasteiger partial charge is 0.338 e. The molecule has 2 fully saturated rings. The molecule has 0 N–H and O–H groups in total. The Morgan fingerprint density at radius 3 is 2.71 bits per heavy atom. The maximum Gasteiger partial charge on any atom is 0.225 e. The molecule has 2 aliphatic rings. The van der Waals surface area contributed by atoms with Gasteiger partial charge < -0.3 is 4.90 Å². The van der Waals surface area contributed by atoms with Crippen LogP contribution in [-0.4, -0.2) is 22.6 Å². The Bertz CT molecular complexity index is 379. The number of alkyl halides is 1. The lowest BCUT2D eigenvalue weighted by Gasteiger charge is -2.31. The summed E-state index contributed by atoms with van der Waals surface area (Å²) in [4.78, 5) is 11.4. The molecule has 2 unspecified atom stereocenters. The molecule has 1 saturated carbocycles. The summed E-state index contributed by atoms with van der Waals surface area (Å²) < 4.78 is 0. The number of nitrogens with zero attached hydrogens (tertiary/aromatic N) is 3. The highest BCUT2D eigenvalue weighted by molar-refractivity contribution is 9.08. The van der Waals surface area contributed by atoms with Gasteiger partial charge in [0.05, 0.1) is 0 Å². The lowest BCUT2D eigenvalue weighted by molar-refractivity contribution is 0.341. The molecule has 0 bridgehead atoms. The van der Waals surface area contributed by atoms with Crippen molar-refractivity contribution in [1.82, 2.24) is 9.97 Å². The van der Waals surface area contributed by atoms with Crippen molar-refractivity contribution >= 4 is 21.9 Å². The topological polar surface area (TPSA) is 29.0 Å². The zero-order valence-electron chi connectivity index (χ0n) is 9.98. The Morgan fingerprint density at radius 2 is 1.94 bits per heavy atom. The van der Waals surface area contributed by atoms with E-state index in [2.05, 4.69) is 30.8 Å². The van der Waals surface area contributed by atoms with Gasteiger partial charge in [-0.2, -0.15) is 0 Å². The third-order valence-electron chi connectivity index (χ3n) is 4.11. The van der Waals surface area contributed by atoms with Crippen LogP contribution in [0.25, 0.3) is 0 Å². The molecule has 4 heteroatoms.